The fraction of sp³-hybridized carbons (Fsp3) is 0.458. The summed E-state index contributed by atoms with van der Waals surface area (Å²) in [5.74, 6) is 1.59. The molecule has 3 aromatic rings. The van der Waals surface area contributed by atoms with Crippen LogP contribution in [0.2, 0.25) is 5.02 Å². The Balaban J connectivity index is 1.65. The molecule has 0 spiro atoms. The smallest absolute Gasteiger partial charge is 0.175 e. The SMILES string of the molecule is COc1ccc(CCc2nc3cc(S(C)(=O)=O)ccc3n2C[C@H](C)N2CCOCC2)cc1Cl. The number of benzene rings is 2. The zero-order valence-electron chi connectivity index (χ0n) is 19.3. The van der Waals surface area contributed by atoms with Gasteiger partial charge in [0.1, 0.15) is 11.6 Å². The van der Waals surface area contributed by atoms with Gasteiger partial charge in [0.05, 0.1) is 41.3 Å². The van der Waals surface area contributed by atoms with Gasteiger partial charge in [0.25, 0.3) is 0 Å². The Morgan fingerprint density at radius 3 is 2.58 bits per heavy atom. The van der Waals surface area contributed by atoms with Gasteiger partial charge in [-0.3, -0.25) is 4.90 Å². The maximum atomic E-state index is 12.1. The number of halogens is 1. The molecule has 0 amide bonds. The molecular formula is C24H30ClN3O4S. The molecule has 0 radical (unpaired) electrons. The van der Waals surface area contributed by atoms with Crippen LogP contribution in [-0.4, -0.2) is 68.6 Å². The molecule has 0 N–H and O–H groups in total. The van der Waals surface area contributed by atoms with Gasteiger partial charge in [-0.2, -0.15) is 0 Å². The van der Waals surface area contributed by atoms with Crippen LogP contribution in [-0.2, 0) is 34.0 Å². The Morgan fingerprint density at radius 1 is 1.15 bits per heavy atom. The molecule has 1 aliphatic heterocycles. The Bertz CT molecular complexity index is 1240. The summed E-state index contributed by atoms with van der Waals surface area (Å²) in [5, 5.41) is 0.585. The van der Waals surface area contributed by atoms with Crippen molar-refractivity contribution in [1.29, 1.82) is 0 Å². The molecule has 0 unspecified atom stereocenters. The summed E-state index contributed by atoms with van der Waals surface area (Å²) in [6.07, 6.45) is 2.69. The molecule has 33 heavy (non-hydrogen) atoms. The lowest BCUT2D eigenvalue weighted by Crippen LogP contribution is -2.44. The van der Waals surface area contributed by atoms with Crippen molar-refractivity contribution < 1.29 is 17.9 Å². The Hall–Kier alpha value is -2.13. The minimum absolute atomic E-state index is 0.286. The molecule has 1 fully saturated rings. The van der Waals surface area contributed by atoms with Crippen LogP contribution in [0, 0.1) is 0 Å². The normalized spacial score (nSPS) is 16.2. The lowest BCUT2D eigenvalue weighted by atomic mass is 10.1. The highest BCUT2D eigenvalue weighted by molar-refractivity contribution is 7.90. The topological polar surface area (TPSA) is 73.7 Å². The van der Waals surface area contributed by atoms with E-state index in [1.165, 1.54) is 6.26 Å². The third kappa shape index (κ3) is 5.51. The molecule has 1 atom stereocenters. The van der Waals surface area contributed by atoms with Crippen LogP contribution in [0.25, 0.3) is 11.0 Å². The minimum Gasteiger partial charge on any atom is -0.495 e. The fourth-order valence-corrected chi connectivity index (χ4v) is 5.23. The molecule has 0 aliphatic carbocycles. The number of ether oxygens (including phenoxy) is 2. The fourth-order valence-electron chi connectivity index (χ4n) is 4.30. The van der Waals surface area contributed by atoms with Gasteiger partial charge in [0.15, 0.2) is 9.84 Å². The predicted molar refractivity (Wildman–Crippen MR) is 130 cm³/mol. The monoisotopic (exact) mass is 491 g/mol. The van der Waals surface area contributed by atoms with Crippen LogP contribution in [0.1, 0.15) is 18.3 Å². The Kier molecular flexibility index (Phi) is 7.28. The van der Waals surface area contributed by atoms with Gasteiger partial charge in [0.2, 0.25) is 0 Å². The first kappa shape index (κ1) is 24.0. The third-order valence-electron chi connectivity index (χ3n) is 6.20. The summed E-state index contributed by atoms with van der Waals surface area (Å²) >= 11 is 6.30. The summed E-state index contributed by atoms with van der Waals surface area (Å²) in [6.45, 7) is 6.30. The van der Waals surface area contributed by atoms with E-state index in [9.17, 15) is 8.42 Å². The molecular weight excluding hydrogens is 462 g/mol. The number of methoxy groups -OCH3 is 1. The number of nitrogens with zero attached hydrogens (tertiary/aromatic N) is 3. The largest absolute Gasteiger partial charge is 0.495 e. The minimum atomic E-state index is -3.30. The van der Waals surface area contributed by atoms with Crippen LogP contribution < -0.4 is 4.74 Å². The number of aryl methyl sites for hydroxylation is 2. The third-order valence-corrected chi connectivity index (χ3v) is 7.60. The molecule has 0 bridgehead atoms. The number of fused-ring (bicyclic) bond motifs is 1. The predicted octanol–water partition coefficient (Wildman–Crippen LogP) is 3.61. The number of hydrogen-bond acceptors (Lipinski definition) is 6. The number of hydrogen-bond donors (Lipinski definition) is 0. The first-order valence-corrected chi connectivity index (χ1v) is 13.4. The number of sulfone groups is 1. The summed E-state index contributed by atoms with van der Waals surface area (Å²) in [6, 6.07) is 11.3. The molecule has 4 rings (SSSR count). The first-order chi connectivity index (χ1) is 15.8. The highest BCUT2D eigenvalue weighted by atomic mass is 35.5. The molecule has 7 nitrogen and oxygen atoms in total. The van der Waals surface area contributed by atoms with Crippen molar-refractivity contribution in [1.82, 2.24) is 14.5 Å². The summed E-state index contributed by atoms with van der Waals surface area (Å²) in [4.78, 5) is 7.56. The van der Waals surface area contributed by atoms with E-state index in [1.807, 2.05) is 24.3 Å². The molecule has 1 aromatic heterocycles. The Morgan fingerprint density at radius 2 is 1.91 bits per heavy atom. The van der Waals surface area contributed by atoms with Gasteiger partial charge in [-0.15, -0.1) is 0 Å². The van der Waals surface area contributed by atoms with Crippen LogP contribution in [0.5, 0.6) is 5.75 Å². The van der Waals surface area contributed by atoms with E-state index in [0.717, 1.165) is 56.2 Å². The average Bonchev–Trinajstić information content (AvgIpc) is 3.14. The van der Waals surface area contributed by atoms with E-state index in [-0.39, 0.29) is 4.90 Å². The van der Waals surface area contributed by atoms with Gasteiger partial charge in [-0.1, -0.05) is 17.7 Å². The standard InChI is InChI=1S/C24H30ClN3O4S/c1-17(27-10-12-32-13-11-27)16-28-22-7-6-19(33(3,29)30)15-21(22)26-24(28)9-5-18-4-8-23(31-2)20(25)14-18/h4,6-8,14-15,17H,5,9-13,16H2,1-3H3/t17-/m0/s1. The van der Waals surface area contributed by atoms with Gasteiger partial charge in [0, 0.05) is 38.4 Å². The maximum Gasteiger partial charge on any atom is 0.175 e. The van der Waals surface area contributed by atoms with Gasteiger partial charge in [-0.25, -0.2) is 13.4 Å². The quantitative estimate of drug-likeness (QED) is 0.479. The second-order valence-corrected chi connectivity index (χ2v) is 11.0. The second kappa shape index (κ2) is 10.0. The number of imidazole rings is 1. The molecule has 9 heteroatoms. The molecule has 0 saturated carbocycles. The highest BCUT2D eigenvalue weighted by Crippen LogP contribution is 2.27. The van der Waals surface area contributed by atoms with E-state index >= 15 is 0 Å². The van der Waals surface area contributed by atoms with Crippen molar-refractivity contribution in [3.63, 3.8) is 0 Å². The zero-order valence-corrected chi connectivity index (χ0v) is 20.8. The lowest BCUT2D eigenvalue weighted by Gasteiger charge is -2.32. The number of rotatable bonds is 8. The average molecular weight is 492 g/mol. The lowest BCUT2D eigenvalue weighted by molar-refractivity contribution is 0.0170. The first-order valence-electron chi connectivity index (χ1n) is 11.1. The van der Waals surface area contributed by atoms with E-state index in [2.05, 4.69) is 16.4 Å². The van der Waals surface area contributed by atoms with Crippen molar-refractivity contribution in [3.8, 4) is 5.75 Å². The van der Waals surface area contributed by atoms with Crippen LogP contribution >= 0.6 is 11.6 Å². The van der Waals surface area contributed by atoms with E-state index in [4.69, 9.17) is 26.1 Å². The Labute approximate surface area is 200 Å². The number of aromatic nitrogens is 2. The van der Waals surface area contributed by atoms with Crippen LogP contribution in [0.4, 0.5) is 0 Å². The van der Waals surface area contributed by atoms with Crippen molar-refractivity contribution in [3.05, 3.63) is 52.8 Å². The summed E-state index contributed by atoms with van der Waals surface area (Å²) in [5.41, 5.74) is 2.75. The molecule has 1 saturated heterocycles. The molecule has 2 heterocycles. The van der Waals surface area contributed by atoms with Crippen molar-refractivity contribution in [2.45, 2.75) is 37.2 Å². The highest BCUT2D eigenvalue weighted by Gasteiger charge is 2.21. The van der Waals surface area contributed by atoms with Gasteiger partial charge >= 0.3 is 0 Å². The van der Waals surface area contributed by atoms with Gasteiger partial charge < -0.3 is 14.0 Å². The summed E-state index contributed by atoms with van der Waals surface area (Å²) in [7, 11) is -1.70. The molecule has 2 aromatic carbocycles. The second-order valence-electron chi connectivity index (χ2n) is 8.53. The molecule has 1 aliphatic rings. The van der Waals surface area contributed by atoms with Crippen LogP contribution in [0.3, 0.4) is 0 Å². The van der Waals surface area contributed by atoms with Crippen molar-refractivity contribution >= 4 is 32.5 Å². The zero-order chi connectivity index (χ0) is 23.6. The number of morpholine rings is 1. The van der Waals surface area contributed by atoms with Crippen molar-refractivity contribution in [2.75, 3.05) is 39.7 Å². The van der Waals surface area contributed by atoms with E-state index < -0.39 is 9.84 Å². The van der Waals surface area contributed by atoms with Crippen LogP contribution in [0.15, 0.2) is 41.3 Å². The van der Waals surface area contributed by atoms with Gasteiger partial charge in [-0.05, 0) is 49.2 Å². The van der Waals surface area contributed by atoms with E-state index in [0.29, 0.717) is 28.8 Å². The molecule has 178 valence electrons. The maximum absolute atomic E-state index is 12.1. The summed E-state index contributed by atoms with van der Waals surface area (Å²) < 4.78 is 37.1. The van der Waals surface area contributed by atoms with E-state index in [1.54, 1.807) is 19.2 Å². The van der Waals surface area contributed by atoms with Crippen molar-refractivity contribution in [2.24, 2.45) is 0 Å².